The number of imide groups is 1. The molecule has 0 bridgehead atoms. The minimum Gasteiger partial charge on any atom is -0.493 e. The Morgan fingerprint density at radius 2 is 1.97 bits per heavy atom. The summed E-state index contributed by atoms with van der Waals surface area (Å²) in [5.41, 5.74) is 0.379. The summed E-state index contributed by atoms with van der Waals surface area (Å²) in [6, 6.07) is 3.94. The molecule has 0 aliphatic carbocycles. The van der Waals surface area contributed by atoms with Crippen molar-refractivity contribution in [2.75, 3.05) is 33.4 Å². The first-order valence-electron chi connectivity index (χ1n) is 8.79. The maximum absolute atomic E-state index is 12.4. The normalized spacial score (nSPS) is 15.6. The summed E-state index contributed by atoms with van der Waals surface area (Å²) in [5, 5.41) is 1.62. The van der Waals surface area contributed by atoms with E-state index in [0.717, 1.165) is 4.90 Å². The second-order valence-corrected chi connectivity index (χ2v) is 7.07. The van der Waals surface area contributed by atoms with Crippen molar-refractivity contribution in [1.29, 1.82) is 0 Å². The summed E-state index contributed by atoms with van der Waals surface area (Å²) >= 11 is 0.624. The van der Waals surface area contributed by atoms with Crippen LogP contribution in [0.1, 0.15) is 5.56 Å². The number of alkyl halides is 5. The lowest BCUT2D eigenvalue weighted by Crippen LogP contribution is -2.38. The molecule has 0 atom stereocenters. The van der Waals surface area contributed by atoms with Gasteiger partial charge in [0.1, 0.15) is 13.2 Å². The third-order valence-electron chi connectivity index (χ3n) is 3.73. The van der Waals surface area contributed by atoms with Crippen molar-refractivity contribution in [1.82, 2.24) is 10.2 Å². The molecule has 3 amide bonds. The van der Waals surface area contributed by atoms with Gasteiger partial charge in [0.2, 0.25) is 5.91 Å². The molecule has 0 saturated carbocycles. The van der Waals surface area contributed by atoms with Crippen LogP contribution >= 0.6 is 11.8 Å². The molecule has 2 rings (SSSR count). The molecule has 1 saturated heterocycles. The number of hydrogen-bond acceptors (Lipinski definition) is 7. The summed E-state index contributed by atoms with van der Waals surface area (Å²) in [4.78, 5) is 36.9. The van der Waals surface area contributed by atoms with Crippen LogP contribution in [0.4, 0.5) is 26.7 Å². The molecule has 176 valence electrons. The van der Waals surface area contributed by atoms with E-state index in [4.69, 9.17) is 4.74 Å². The Morgan fingerprint density at radius 1 is 1.25 bits per heavy atom. The van der Waals surface area contributed by atoms with E-state index in [1.807, 2.05) is 0 Å². The number of rotatable bonds is 10. The lowest BCUT2D eigenvalue weighted by molar-refractivity contribution is -0.175. The van der Waals surface area contributed by atoms with E-state index in [0.29, 0.717) is 17.3 Å². The molecule has 0 unspecified atom stereocenters. The summed E-state index contributed by atoms with van der Waals surface area (Å²) < 4.78 is 74.2. The molecule has 1 aliphatic heterocycles. The zero-order valence-electron chi connectivity index (χ0n) is 16.4. The molecular weight excluding hydrogens is 467 g/mol. The van der Waals surface area contributed by atoms with Gasteiger partial charge in [-0.05, 0) is 35.5 Å². The third-order valence-corrected chi connectivity index (χ3v) is 4.64. The Hall–Kier alpha value is -2.87. The predicted molar refractivity (Wildman–Crippen MR) is 102 cm³/mol. The maximum atomic E-state index is 12.4. The smallest absolute Gasteiger partial charge is 0.411 e. The van der Waals surface area contributed by atoms with Crippen LogP contribution in [-0.4, -0.2) is 68.2 Å². The second-order valence-electron chi connectivity index (χ2n) is 6.08. The van der Waals surface area contributed by atoms with Gasteiger partial charge >= 0.3 is 12.8 Å². The van der Waals surface area contributed by atoms with Gasteiger partial charge in [-0.15, -0.1) is 0 Å². The van der Waals surface area contributed by atoms with Gasteiger partial charge < -0.3 is 19.5 Å². The van der Waals surface area contributed by atoms with Crippen molar-refractivity contribution in [3.05, 3.63) is 28.7 Å². The molecule has 8 nitrogen and oxygen atoms in total. The molecule has 0 spiro atoms. The maximum Gasteiger partial charge on any atom is 0.411 e. The quantitative estimate of drug-likeness (QED) is 0.403. The lowest BCUT2D eigenvalue weighted by atomic mass is 10.2. The SMILES string of the molecule is COc1cc(/C=C2\SC(=O)N(CCNC(=O)COCC(F)(F)F)C2=O)ccc1OC(F)F. The number of methoxy groups -OCH3 is 1. The fourth-order valence-corrected chi connectivity index (χ4v) is 3.29. The Morgan fingerprint density at radius 3 is 2.59 bits per heavy atom. The van der Waals surface area contributed by atoms with Crippen molar-refractivity contribution < 1.29 is 50.5 Å². The Labute approximate surface area is 182 Å². The van der Waals surface area contributed by atoms with Gasteiger partial charge in [0.25, 0.3) is 11.1 Å². The Bertz CT molecular complexity index is 893. The van der Waals surface area contributed by atoms with E-state index < -0.39 is 43.1 Å². The molecule has 1 aromatic rings. The van der Waals surface area contributed by atoms with Crippen molar-refractivity contribution in [3.8, 4) is 11.5 Å². The van der Waals surface area contributed by atoms with Crippen LogP contribution in [0.15, 0.2) is 23.1 Å². The van der Waals surface area contributed by atoms with Crippen LogP contribution < -0.4 is 14.8 Å². The fourth-order valence-electron chi connectivity index (χ4n) is 2.43. The number of nitrogens with one attached hydrogen (secondary N) is 1. The highest BCUT2D eigenvalue weighted by atomic mass is 32.2. The monoisotopic (exact) mass is 484 g/mol. The van der Waals surface area contributed by atoms with E-state index in [-0.39, 0.29) is 29.5 Å². The number of carbonyl (C=O) groups excluding carboxylic acids is 3. The number of amides is 3. The van der Waals surface area contributed by atoms with E-state index >= 15 is 0 Å². The van der Waals surface area contributed by atoms with Gasteiger partial charge in [-0.1, -0.05) is 6.07 Å². The summed E-state index contributed by atoms with van der Waals surface area (Å²) in [6.45, 7) is -5.85. The number of carbonyl (C=O) groups is 3. The number of halogens is 5. The Kier molecular flexibility index (Phi) is 8.83. The third kappa shape index (κ3) is 7.67. The average molecular weight is 484 g/mol. The molecule has 1 N–H and O–H groups in total. The predicted octanol–water partition coefficient (Wildman–Crippen LogP) is 3.03. The number of ether oxygens (including phenoxy) is 3. The number of nitrogens with zero attached hydrogens (tertiary/aromatic N) is 1. The van der Waals surface area contributed by atoms with Gasteiger partial charge in [0.05, 0.1) is 12.0 Å². The van der Waals surface area contributed by atoms with Gasteiger partial charge in [-0.25, -0.2) is 0 Å². The van der Waals surface area contributed by atoms with Crippen LogP contribution in [0.2, 0.25) is 0 Å². The molecule has 0 aromatic heterocycles. The van der Waals surface area contributed by atoms with E-state index in [9.17, 15) is 36.3 Å². The van der Waals surface area contributed by atoms with Gasteiger partial charge in [-0.2, -0.15) is 22.0 Å². The van der Waals surface area contributed by atoms with E-state index in [1.165, 1.54) is 31.4 Å². The minimum atomic E-state index is -4.56. The largest absolute Gasteiger partial charge is 0.493 e. The van der Waals surface area contributed by atoms with Crippen molar-refractivity contribution >= 4 is 34.9 Å². The highest BCUT2D eigenvalue weighted by Crippen LogP contribution is 2.34. The standard InChI is InChI=1S/C18H17F5N2O6S/c1-29-12-6-10(2-3-11(12)31-16(19)20)7-13-15(27)25(17(28)32-13)5-4-24-14(26)8-30-9-18(21,22)23/h2-3,6-7,16H,4-5,8-9H2,1H3,(H,24,26)/b13-7-. The van der Waals surface area contributed by atoms with E-state index in [2.05, 4.69) is 14.8 Å². The van der Waals surface area contributed by atoms with Gasteiger partial charge in [0, 0.05) is 13.1 Å². The lowest BCUT2D eigenvalue weighted by Gasteiger charge is -2.13. The second kappa shape index (κ2) is 11.1. The van der Waals surface area contributed by atoms with E-state index in [1.54, 1.807) is 0 Å². The molecule has 1 aliphatic rings. The van der Waals surface area contributed by atoms with Crippen LogP contribution in [0.3, 0.4) is 0 Å². The summed E-state index contributed by atoms with van der Waals surface area (Å²) in [5.74, 6) is -1.71. The zero-order chi connectivity index (χ0) is 23.9. The molecule has 1 heterocycles. The molecule has 32 heavy (non-hydrogen) atoms. The average Bonchev–Trinajstić information content (AvgIpc) is 2.95. The molecule has 1 fully saturated rings. The molecule has 14 heteroatoms. The van der Waals surface area contributed by atoms with Crippen molar-refractivity contribution in [3.63, 3.8) is 0 Å². The topological polar surface area (TPSA) is 94.2 Å². The number of benzene rings is 1. The molecule has 1 aromatic carbocycles. The van der Waals surface area contributed by atoms with Crippen molar-refractivity contribution in [2.45, 2.75) is 12.8 Å². The van der Waals surface area contributed by atoms with Gasteiger partial charge in [0.15, 0.2) is 11.5 Å². The summed E-state index contributed by atoms with van der Waals surface area (Å²) in [7, 11) is 1.24. The van der Waals surface area contributed by atoms with Crippen LogP contribution in [-0.2, 0) is 14.3 Å². The summed E-state index contributed by atoms with van der Waals surface area (Å²) in [6.07, 6.45) is -3.21. The molecule has 0 radical (unpaired) electrons. The fraction of sp³-hybridized carbons (Fsp3) is 0.389. The van der Waals surface area contributed by atoms with Gasteiger partial charge in [-0.3, -0.25) is 19.3 Å². The first-order valence-corrected chi connectivity index (χ1v) is 9.61. The van der Waals surface area contributed by atoms with Crippen LogP contribution in [0, 0.1) is 0 Å². The first kappa shape index (κ1) is 25.4. The number of hydrogen-bond donors (Lipinski definition) is 1. The highest BCUT2D eigenvalue weighted by Gasteiger charge is 2.34. The number of thioether (sulfide) groups is 1. The zero-order valence-corrected chi connectivity index (χ0v) is 17.2. The molecular formula is C18H17F5N2O6S. The van der Waals surface area contributed by atoms with Crippen molar-refractivity contribution in [2.24, 2.45) is 0 Å². The minimum absolute atomic E-state index is 0.00580. The van der Waals surface area contributed by atoms with Crippen LogP contribution in [0.25, 0.3) is 6.08 Å². The van der Waals surface area contributed by atoms with Crippen LogP contribution in [0.5, 0.6) is 11.5 Å². The first-order chi connectivity index (χ1) is 15.0. The highest BCUT2D eigenvalue weighted by molar-refractivity contribution is 8.18. The Balaban J connectivity index is 1.93.